The van der Waals surface area contributed by atoms with Crippen LogP contribution in [0.1, 0.15) is 23.6 Å². The molecule has 0 bridgehead atoms. The van der Waals surface area contributed by atoms with E-state index in [-0.39, 0.29) is 16.8 Å². The molecule has 1 aromatic carbocycles. The molecule has 0 fully saturated rings. The molecule has 0 radical (unpaired) electrons. The van der Waals surface area contributed by atoms with Crippen molar-refractivity contribution in [1.29, 1.82) is 0 Å². The second-order valence-electron chi connectivity index (χ2n) is 5.18. The van der Waals surface area contributed by atoms with Crippen molar-refractivity contribution in [3.63, 3.8) is 0 Å². The van der Waals surface area contributed by atoms with Crippen LogP contribution in [-0.2, 0) is 16.4 Å². The first-order chi connectivity index (χ1) is 10.5. The monoisotopic (exact) mass is 353 g/mol. The van der Waals surface area contributed by atoms with Crippen molar-refractivity contribution in [2.45, 2.75) is 23.1 Å². The molecule has 0 N–H and O–H groups in total. The molecule has 0 unspecified atom stereocenters. The fourth-order valence-electron chi connectivity index (χ4n) is 2.91. The molecule has 1 atom stereocenters. The minimum Gasteiger partial charge on any atom is -0.206 e. The largest absolute Gasteiger partial charge is 0.253 e. The number of hydrogen-bond donors (Lipinski definition) is 0. The van der Waals surface area contributed by atoms with E-state index in [1.807, 2.05) is 18.2 Å². The molecule has 0 amide bonds. The topological polar surface area (TPSA) is 37.4 Å². The molecular formula is C16H16ClNO2S2. The van der Waals surface area contributed by atoms with Crippen molar-refractivity contribution < 1.29 is 8.42 Å². The first kappa shape index (κ1) is 15.7. The molecular weight excluding hydrogens is 338 g/mol. The van der Waals surface area contributed by atoms with Gasteiger partial charge in [0, 0.05) is 6.54 Å². The molecule has 0 aliphatic heterocycles. The van der Waals surface area contributed by atoms with E-state index in [1.54, 1.807) is 18.2 Å². The minimum absolute atomic E-state index is 0.139. The van der Waals surface area contributed by atoms with E-state index in [4.69, 9.17) is 11.6 Å². The van der Waals surface area contributed by atoms with Crippen LogP contribution in [0.15, 0.2) is 53.3 Å². The molecule has 0 saturated heterocycles. The molecule has 1 heterocycles. The SMILES string of the molecule is C=CCN([C@H]1CCc2ccccc21)S(=O)(=O)c1ccc(Cl)s1. The van der Waals surface area contributed by atoms with Gasteiger partial charge in [-0.05, 0) is 36.1 Å². The Morgan fingerprint density at radius 1 is 1.32 bits per heavy atom. The lowest BCUT2D eigenvalue weighted by molar-refractivity contribution is 0.349. The highest BCUT2D eigenvalue weighted by Gasteiger charge is 2.36. The van der Waals surface area contributed by atoms with Gasteiger partial charge in [-0.15, -0.1) is 17.9 Å². The van der Waals surface area contributed by atoms with Crippen LogP contribution in [0.4, 0.5) is 0 Å². The molecule has 6 heteroatoms. The molecule has 2 aromatic rings. The highest BCUT2D eigenvalue weighted by Crippen LogP contribution is 2.39. The highest BCUT2D eigenvalue weighted by atomic mass is 35.5. The maximum atomic E-state index is 13.0. The van der Waals surface area contributed by atoms with Gasteiger partial charge in [0.2, 0.25) is 0 Å². The van der Waals surface area contributed by atoms with Gasteiger partial charge >= 0.3 is 0 Å². The fraction of sp³-hybridized carbons (Fsp3) is 0.250. The first-order valence-electron chi connectivity index (χ1n) is 7.00. The van der Waals surface area contributed by atoms with Gasteiger partial charge in [-0.25, -0.2) is 8.42 Å². The number of nitrogens with zero attached hydrogens (tertiary/aromatic N) is 1. The third-order valence-corrected chi connectivity index (χ3v) is 7.44. The summed E-state index contributed by atoms with van der Waals surface area (Å²) in [4.78, 5) is 0. The molecule has 3 nitrogen and oxygen atoms in total. The fourth-order valence-corrected chi connectivity index (χ4v) is 6.12. The quantitative estimate of drug-likeness (QED) is 0.753. The van der Waals surface area contributed by atoms with Gasteiger partial charge in [0.1, 0.15) is 4.21 Å². The molecule has 1 aromatic heterocycles. The van der Waals surface area contributed by atoms with Crippen molar-refractivity contribution in [3.05, 3.63) is 64.5 Å². The lowest BCUT2D eigenvalue weighted by Gasteiger charge is -2.27. The van der Waals surface area contributed by atoms with Crippen LogP contribution in [0.3, 0.4) is 0 Å². The van der Waals surface area contributed by atoms with Crippen LogP contribution in [0, 0.1) is 0 Å². The zero-order valence-electron chi connectivity index (χ0n) is 11.9. The van der Waals surface area contributed by atoms with Crippen LogP contribution < -0.4 is 0 Å². The van der Waals surface area contributed by atoms with Gasteiger partial charge in [0.25, 0.3) is 10.0 Å². The number of hydrogen-bond acceptors (Lipinski definition) is 3. The summed E-state index contributed by atoms with van der Waals surface area (Å²) >= 11 is 6.99. The van der Waals surface area contributed by atoms with Gasteiger partial charge in [-0.2, -0.15) is 4.31 Å². The summed E-state index contributed by atoms with van der Waals surface area (Å²) in [6.45, 7) is 4.00. The summed E-state index contributed by atoms with van der Waals surface area (Å²) in [5.41, 5.74) is 2.32. The summed E-state index contributed by atoms with van der Waals surface area (Å²) in [7, 11) is -3.57. The predicted octanol–water partition coefficient (Wildman–Crippen LogP) is 4.27. The Morgan fingerprint density at radius 2 is 2.09 bits per heavy atom. The molecule has 3 rings (SSSR count). The van der Waals surface area contributed by atoms with Crippen LogP contribution in [0.5, 0.6) is 0 Å². The van der Waals surface area contributed by atoms with Crippen molar-refractivity contribution in [3.8, 4) is 0 Å². The van der Waals surface area contributed by atoms with Crippen LogP contribution >= 0.6 is 22.9 Å². The second kappa shape index (κ2) is 6.16. The van der Waals surface area contributed by atoms with E-state index in [1.165, 1.54) is 9.87 Å². The van der Waals surface area contributed by atoms with Crippen LogP contribution in [0.25, 0.3) is 0 Å². The first-order valence-corrected chi connectivity index (χ1v) is 9.63. The Balaban J connectivity index is 2.03. The van der Waals surface area contributed by atoms with E-state index in [9.17, 15) is 8.42 Å². The van der Waals surface area contributed by atoms with Gasteiger partial charge in [-0.1, -0.05) is 41.9 Å². The van der Waals surface area contributed by atoms with Gasteiger partial charge in [-0.3, -0.25) is 0 Å². The van der Waals surface area contributed by atoms with Gasteiger partial charge < -0.3 is 0 Å². The highest BCUT2D eigenvalue weighted by molar-refractivity contribution is 7.91. The van der Waals surface area contributed by atoms with E-state index in [2.05, 4.69) is 12.6 Å². The van der Waals surface area contributed by atoms with E-state index in [0.717, 1.165) is 29.7 Å². The molecule has 116 valence electrons. The summed E-state index contributed by atoms with van der Waals surface area (Å²) < 4.78 is 28.2. The van der Waals surface area contributed by atoms with Crippen molar-refractivity contribution in [2.24, 2.45) is 0 Å². The van der Waals surface area contributed by atoms with E-state index in [0.29, 0.717) is 4.34 Å². The summed E-state index contributed by atoms with van der Waals surface area (Å²) in [5, 5.41) is 0. The smallest absolute Gasteiger partial charge is 0.206 e. The standard InChI is InChI=1S/C16H16ClNO2S2/c1-2-11-18(22(19,20)16-10-9-15(17)21-16)14-8-7-12-5-3-4-6-13(12)14/h2-6,9-10,14H,1,7-8,11H2/t14-/m0/s1. The zero-order valence-corrected chi connectivity index (χ0v) is 14.3. The Morgan fingerprint density at radius 3 is 2.77 bits per heavy atom. The number of aryl methyl sites for hydroxylation is 1. The number of benzene rings is 1. The molecule has 0 spiro atoms. The summed E-state index contributed by atoms with van der Waals surface area (Å²) in [6, 6.07) is 11.1. The second-order valence-corrected chi connectivity index (χ2v) is 9.01. The summed E-state index contributed by atoms with van der Waals surface area (Å²) in [5.74, 6) is 0. The number of thiophene rings is 1. The average Bonchev–Trinajstić information content (AvgIpc) is 3.11. The lowest BCUT2D eigenvalue weighted by Crippen LogP contribution is -2.33. The number of rotatable bonds is 5. The normalized spacial score (nSPS) is 17.6. The zero-order chi connectivity index (χ0) is 15.7. The number of sulfonamides is 1. The van der Waals surface area contributed by atoms with Crippen LogP contribution in [0.2, 0.25) is 4.34 Å². The maximum absolute atomic E-state index is 13.0. The van der Waals surface area contributed by atoms with Crippen molar-refractivity contribution in [1.82, 2.24) is 4.31 Å². The Labute approximate surface area is 139 Å². The molecule has 22 heavy (non-hydrogen) atoms. The molecule has 1 aliphatic rings. The lowest BCUT2D eigenvalue weighted by atomic mass is 10.1. The van der Waals surface area contributed by atoms with Crippen molar-refractivity contribution in [2.75, 3.05) is 6.54 Å². The molecule has 0 saturated carbocycles. The van der Waals surface area contributed by atoms with E-state index >= 15 is 0 Å². The number of fused-ring (bicyclic) bond motifs is 1. The average molecular weight is 354 g/mol. The van der Waals surface area contributed by atoms with Crippen molar-refractivity contribution >= 4 is 33.0 Å². The third kappa shape index (κ3) is 2.74. The predicted molar refractivity (Wildman–Crippen MR) is 90.9 cm³/mol. The molecule has 1 aliphatic carbocycles. The Hall–Kier alpha value is -1.14. The minimum atomic E-state index is -3.57. The van der Waals surface area contributed by atoms with Crippen LogP contribution in [-0.4, -0.2) is 19.3 Å². The van der Waals surface area contributed by atoms with E-state index < -0.39 is 10.0 Å². The summed E-state index contributed by atoms with van der Waals surface area (Å²) in [6.07, 6.45) is 3.33. The maximum Gasteiger partial charge on any atom is 0.253 e. The van der Waals surface area contributed by atoms with Gasteiger partial charge in [0.05, 0.1) is 10.4 Å². The Kier molecular flexibility index (Phi) is 4.41. The Bertz CT molecular complexity index is 798. The third-order valence-electron chi connectivity index (χ3n) is 3.87. The number of halogens is 1. The van der Waals surface area contributed by atoms with Gasteiger partial charge in [0.15, 0.2) is 0 Å².